The van der Waals surface area contributed by atoms with Crippen molar-refractivity contribution in [1.29, 1.82) is 0 Å². The molecule has 0 amide bonds. The van der Waals surface area contributed by atoms with Gasteiger partial charge in [-0.05, 0) is 25.7 Å². The second kappa shape index (κ2) is 3.08. The van der Waals surface area contributed by atoms with Crippen molar-refractivity contribution < 1.29 is 9.90 Å². The first-order valence-corrected chi connectivity index (χ1v) is 5.56. The van der Waals surface area contributed by atoms with Crippen LogP contribution < -0.4 is 0 Å². The smallest absolute Gasteiger partial charge is 0.326 e. The molecule has 2 heterocycles. The van der Waals surface area contributed by atoms with Crippen LogP contribution in [0.25, 0.3) is 0 Å². The summed E-state index contributed by atoms with van der Waals surface area (Å²) in [5, 5.41) is 9.10. The summed E-state index contributed by atoms with van der Waals surface area (Å²) >= 11 is 0. The lowest BCUT2D eigenvalue weighted by Gasteiger charge is -2.20. The fraction of sp³-hybridized carbons (Fsp3) is 0.636. The lowest BCUT2D eigenvalue weighted by atomic mass is 10.1. The van der Waals surface area contributed by atoms with E-state index in [0.29, 0.717) is 5.92 Å². The van der Waals surface area contributed by atoms with Crippen molar-refractivity contribution in [1.82, 2.24) is 9.55 Å². The van der Waals surface area contributed by atoms with Gasteiger partial charge in [-0.1, -0.05) is 0 Å². The molecule has 0 bridgehead atoms. The van der Waals surface area contributed by atoms with Crippen LogP contribution in [0.5, 0.6) is 0 Å². The molecule has 4 nitrogen and oxygen atoms in total. The fourth-order valence-electron chi connectivity index (χ4n) is 2.32. The number of aromatic nitrogens is 2. The van der Waals surface area contributed by atoms with Gasteiger partial charge in [0.25, 0.3) is 0 Å². The van der Waals surface area contributed by atoms with Crippen LogP contribution in [-0.4, -0.2) is 20.6 Å². The van der Waals surface area contributed by atoms with Crippen LogP contribution in [0, 0.1) is 0 Å². The number of hydrogen-bond acceptors (Lipinski definition) is 2. The summed E-state index contributed by atoms with van der Waals surface area (Å²) in [5.74, 6) is 0.851. The van der Waals surface area contributed by atoms with E-state index in [0.717, 1.165) is 30.8 Å². The predicted octanol–water partition coefficient (Wildman–Crippen LogP) is 1.72. The molecule has 0 spiro atoms. The Bertz CT molecular complexity index is 407. The standard InChI is InChI=1S/C11H14N2O2/c14-11(15)9-2-1-3-10-12-8(6-13(9)10)7-4-5-7/h6-7,9H,1-5H2,(H,14,15). The van der Waals surface area contributed by atoms with Gasteiger partial charge >= 0.3 is 5.97 Å². The summed E-state index contributed by atoms with van der Waals surface area (Å²) in [7, 11) is 0. The molecule has 1 aliphatic carbocycles. The zero-order valence-electron chi connectivity index (χ0n) is 8.52. The maximum Gasteiger partial charge on any atom is 0.326 e. The minimum atomic E-state index is -0.726. The average molecular weight is 206 g/mol. The van der Waals surface area contributed by atoms with Gasteiger partial charge in [-0.25, -0.2) is 9.78 Å². The van der Waals surface area contributed by atoms with Crippen molar-refractivity contribution >= 4 is 5.97 Å². The largest absolute Gasteiger partial charge is 0.480 e. The molecule has 1 saturated carbocycles. The lowest BCUT2D eigenvalue weighted by Crippen LogP contribution is -2.24. The number of aliphatic carboxylic acids is 1. The second-order valence-corrected chi connectivity index (χ2v) is 4.51. The molecule has 2 aliphatic rings. The molecule has 1 aliphatic heterocycles. The van der Waals surface area contributed by atoms with Gasteiger partial charge < -0.3 is 9.67 Å². The molecule has 1 aromatic heterocycles. The highest BCUT2D eigenvalue weighted by molar-refractivity contribution is 5.72. The van der Waals surface area contributed by atoms with Crippen molar-refractivity contribution in [3.05, 3.63) is 17.7 Å². The molecule has 3 rings (SSSR count). The van der Waals surface area contributed by atoms with E-state index < -0.39 is 5.97 Å². The molecule has 4 heteroatoms. The van der Waals surface area contributed by atoms with Gasteiger partial charge in [0.1, 0.15) is 11.9 Å². The molecule has 1 unspecified atom stereocenters. The Morgan fingerprint density at radius 3 is 2.93 bits per heavy atom. The Labute approximate surface area is 87.9 Å². The van der Waals surface area contributed by atoms with E-state index in [2.05, 4.69) is 4.98 Å². The minimum Gasteiger partial charge on any atom is -0.480 e. The molecule has 1 fully saturated rings. The van der Waals surface area contributed by atoms with Gasteiger partial charge in [-0.2, -0.15) is 0 Å². The van der Waals surface area contributed by atoms with Crippen LogP contribution in [0.15, 0.2) is 6.20 Å². The van der Waals surface area contributed by atoms with Crippen LogP contribution in [0.3, 0.4) is 0 Å². The van der Waals surface area contributed by atoms with E-state index in [1.807, 2.05) is 10.8 Å². The SMILES string of the molecule is O=C(O)C1CCCc2nc(C3CC3)cn21. The number of carbonyl (C=O) groups is 1. The highest BCUT2D eigenvalue weighted by Gasteiger charge is 2.31. The van der Waals surface area contributed by atoms with Crippen molar-refractivity contribution in [2.45, 2.75) is 44.1 Å². The number of rotatable bonds is 2. The Hall–Kier alpha value is -1.32. The van der Waals surface area contributed by atoms with Crippen molar-refractivity contribution in [2.24, 2.45) is 0 Å². The molecular weight excluding hydrogens is 192 g/mol. The van der Waals surface area contributed by atoms with Gasteiger partial charge in [-0.15, -0.1) is 0 Å². The summed E-state index contributed by atoms with van der Waals surface area (Å²) in [5.41, 5.74) is 1.11. The lowest BCUT2D eigenvalue weighted by molar-refractivity contribution is -0.141. The number of aryl methyl sites for hydroxylation is 1. The van der Waals surface area contributed by atoms with Crippen LogP contribution in [-0.2, 0) is 11.2 Å². The van der Waals surface area contributed by atoms with Gasteiger partial charge in [0, 0.05) is 18.5 Å². The molecule has 1 N–H and O–H groups in total. The number of carboxylic acid groups (broad SMARTS) is 1. The molecule has 1 atom stereocenters. The third-order valence-corrected chi connectivity index (χ3v) is 3.32. The van der Waals surface area contributed by atoms with Gasteiger partial charge in [0.15, 0.2) is 0 Å². The fourth-order valence-corrected chi connectivity index (χ4v) is 2.32. The molecule has 0 aromatic carbocycles. The summed E-state index contributed by atoms with van der Waals surface area (Å²) in [4.78, 5) is 15.6. The van der Waals surface area contributed by atoms with E-state index in [4.69, 9.17) is 5.11 Å². The molecule has 0 radical (unpaired) electrons. The van der Waals surface area contributed by atoms with Gasteiger partial charge in [0.05, 0.1) is 5.69 Å². The maximum atomic E-state index is 11.1. The zero-order valence-corrected chi connectivity index (χ0v) is 8.52. The number of hydrogen-bond donors (Lipinski definition) is 1. The highest BCUT2D eigenvalue weighted by atomic mass is 16.4. The minimum absolute atomic E-state index is 0.381. The van der Waals surface area contributed by atoms with E-state index in [9.17, 15) is 4.79 Å². The molecule has 0 saturated heterocycles. The second-order valence-electron chi connectivity index (χ2n) is 4.51. The molecule has 1 aromatic rings. The first-order valence-electron chi connectivity index (χ1n) is 5.56. The van der Waals surface area contributed by atoms with Gasteiger partial charge in [-0.3, -0.25) is 0 Å². The third-order valence-electron chi connectivity index (χ3n) is 3.32. The number of nitrogens with zero attached hydrogens (tertiary/aromatic N) is 2. The highest BCUT2D eigenvalue weighted by Crippen LogP contribution is 2.40. The van der Waals surface area contributed by atoms with Crippen LogP contribution >= 0.6 is 0 Å². The summed E-state index contributed by atoms with van der Waals surface area (Å²) < 4.78 is 1.87. The quantitative estimate of drug-likeness (QED) is 0.801. The van der Waals surface area contributed by atoms with Crippen molar-refractivity contribution in [3.63, 3.8) is 0 Å². The molecule has 15 heavy (non-hydrogen) atoms. The van der Waals surface area contributed by atoms with Crippen LogP contribution in [0.2, 0.25) is 0 Å². The van der Waals surface area contributed by atoms with Crippen molar-refractivity contribution in [3.8, 4) is 0 Å². The summed E-state index contributed by atoms with van der Waals surface area (Å²) in [6.45, 7) is 0. The first kappa shape index (κ1) is 8.95. The predicted molar refractivity (Wildman–Crippen MR) is 53.8 cm³/mol. The van der Waals surface area contributed by atoms with Gasteiger partial charge in [0.2, 0.25) is 0 Å². The first-order chi connectivity index (χ1) is 7.25. The normalized spacial score (nSPS) is 24.9. The van der Waals surface area contributed by atoms with E-state index >= 15 is 0 Å². The maximum absolute atomic E-state index is 11.1. The van der Waals surface area contributed by atoms with E-state index in [-0.39, 0.29) is 6.04 Å². The molecule has 80 valence electrons. The Morgan fingerprint density at radius 1 is 1.47 bits per heavy atom. The van der Waals surface area contributed by atoms with Crippen LogP contribution in [0.4, 0.5) is 0 Å². The van der Waals surface area contributed by atoms with E-state index in [1.54, 1.807) is 0 Å². The zero-order chi connectivity index (χ0) is 10.4. The number of fused-ring (bicyclic) bond motifs is 1. The summed E-state index contributed by atoms with van der Waals surface area (Å²) in [6, 6.07) is -0.381. The van der Waals surface area contributed by atoms with E-state index in [1.165, 1.54) is 12.8 Å². The Kier molecular flexibility index (Phi) is 1.84. The topological polar surface area (TPSA) is 55.1 Å². The number of imidazole rings is 1. The summed E-state index contributed by atoms with van der Waals surface area (Å²) in [6.07, 6.45) is 7.00. The Morgan fingerprint density at radius 2 is 2.27 bits per heavy atom. The Balaban J connectivity index is 1.98. The number of carboxylic acids is 1. The molecular formula is C11H14N2O2. The average Bonchev–Trinajstić information content (AvgIpc) is 2.96. The van der Waals surface area contributed by atoms with Crippen LogP contribution in [0.1, 0.15) is 49.2 Å². The van der Waals surface area contributed by atoms with Crippen molar-refractivity contribution in [2.75, 3.05) is 0 Å². The third kappa shape index (κ3) is 1.44. The monoisotopic (exact) mass is 206 g/mol.